The molecule has 1 aliphatic heterocycles. The van der Waals surface area contributed by atoms with Crippen molar-refractivity contribution < 1.29 is 18.7 Å². The highest BCUT2D eigenvalue weighted by molar-refractivity contribution is 6.01. The van der Waals surface area contributed by atoms with Crippen LogP contribution in [0.5, 0.6) is 5.75 Å². The number of benzene rings is 2. The lowest BCUT2D eigenvalue weighted by atomic mass is 9.78. The first-order valence-corrected chi connectivity index (χ1v) is 8.71. The van der Waals surface area contributed by atoms with Gasteiger partial charge in [0.15, 0.2) is 6.61 Å². The van der Waals surface area contributed by atoms with Crippen LogP contribution in [0.15, 0.2) is 42.5 Å². The van der Waals surface area contributed by atoms with Gasteiger partial charge in [-0.25, -0.2) is 4.39 Å². The van der Waals surface area contributed by atoms with Crippen molar-refractivity contribution in [2.75, 3.05) is 17.2 Å². The molecule has 134 valence electrons. The fourth-order valence-electron chi connectivity index (χ4n) is 3.82. The van der Waals surface area contributed by atoms with Gasteiger partial charge in [0.05, 0.1) is 11.1 Å². The van der Waals surface area contributed by atoms with Gasteiger partial charge in [0.25, 0.3) is 5.91 Å². The van der Waals surface area contributed by atoms with Gasteiger partial charge < -0.3 is 15.4 Å². The third-order valence-electron chi connectivity index (χ3n) is 5.14. The van der Waals surface area contributed by atoms with E-state index >= 15 is 0 Å². The molecule has 2 aromatic rings. The summed E-state index contributed by atoms with van der Waals surface area (Å²) in [6, 6.07) is 11.4. The second kappa shape index (κ2) is 6.44. The van der Waals surface area contributed by atoms with Crippen molar-refractivity contribution in [3.8, 4) is 5.75 Å². The predicted octanol–water partition coefficient (Wildman–Crippen LogP) is 3.61. The Labute approximate surface area is 150 Å². The molecule has 1 aliphatic carbocycles. The molecule has 6 heteroatoms. The molecule has 2 aromatic carbocycles. The van der Waals surface area contributed by atoms with Crippen molar-refractivity contribution in [1.29, 1.82) is 0 Å². The molecule has 26 heavy (non-hydrogen) atoms. The van der Waals surface area contributed by atoms with Crippen LogP contribution in [0.3, 0.4) is 0 Å². The standard InChI is InChI=1S/C20H19FN2O3/c21-14-5-3-4-13(10-14)20(8-1-2-9-20)19(25)22-15-6-7-17-16(11-15)23-18(24)12-26-17/h3-7,10-11H,1-2,8-9,12H2,(H,22,25)(H,23,24). The maximum Gasteiger partial charge on any atom is 0.262 e. The number of carbonyl (C=O) groups is 2. The normalized spacial score (nSPS) is 17.8. The van der Waals surface area contributed by atoms with E-state index in [2.05, 4.69) is 10.6 Å². The van der Waals surface area contributed by atoms with Crippen molar-refractivity contribution >= 4 is 23.2 Å². The molecule has 0 unspecified atom stereocenters. The Hall–Kier alpha value is -2.89. The van der Waals surface area contributed by atoms with Crippen LogP contribution in [-0.2, 0) is 15.0 Å². The summed E-state index contributed by atoms with van der Waals surface area (Å²) in [7, 11) is 0. The van der Waals surface area contributed by atoms with Crippen LogP contribution >= 0.6 is 0 Å². The van der Waals surface area contributed by atoms with Gasteiger partial charge in [0, 0.05) is 5.69 Å². The van der Waals surface area contributed by atoms with Gasteiger partial charge in [0.1, 0.15) is 11.6 Å². The van der Waals surface area contributed by atoms with E-state index in [0.717, 1.165) is 12.8 Å². The number of carbonyl (C=O) groups excluding carboxylic acids is 2. The Kier molecular flexibility index (Phi) is 4.11. The molecule has 0 aromatic heterocycles. The van der Waals surface area contributed by atoms with Gasteiger partial charge in [0.2, 0.25) is 5.91 Å². The van der Waals surface area contributed by atoms with E-state index in [1.165, 1.54) is 12.1 Å². The monoisotopic (exact) mass is 354 g/mol. The SMILES string of the molecule is O=C1COc2ccc(NC(=O)C3(c4cccc(F)c4)CCCC3)cc2N1. The average Bonchev–Trinajstić information content (AvgIpc) is 3.12. The lowest BCUT2D eigenvalue weighted by Crippen LogP contribution is -2.38. The Bertz CT molecular complexity index is 875. The first-order valence-electron chi connectivity index (χ1n) is 8.71. The molecule has 2 amide bonds. The maximum absolute atomic E-state index is 13.7. The molecule has 0 atom stereocenters. The second-order valence-electron chi connectivity index (χ2n) is 6.80. The highest BCUT2D eigenvalue weighted by Gasteiger charge is 2.43. The summed E-state index contributed by atoms with van der Waals surface area (Å²) in [5, 5.41) is 5.67. The van der Waals surface area contributed by atoms with Crippen LogP contribution in [0.1, 0.15) is 31.2 Å². The first kappa shape index (κ1) is 16.6. The summed E-state index contributed by atoms with van der Waals surface area (Å²) in [6.07, 6.45) is 3.23. The summed E-state index contributed by atoms with van der Waals surface area (Å²) in [5.41, 5.74) is 1.09. The number of ether oxygens (including phenoxy) is 1. The second-order valence-corrected chi connectivity index (χ2v) is 6.80. The molecule has 2 N–H and O–H groups in total. The van der Waals surface area contributed by atoms with Gasteiger partial charge in [-0.1, -0.05) is 25.0 Å². The van der Waals surface area contributed by atoms with Gasteiger partial charge in [-0.3, -0.25) is 9.59 Å². The van der Waals surface area contributed by atoms with Gasteiger partial charge in [-0.05, 0) is 48.7 Å². The van der Waals surface area contributed by atoms with E-state index in [1.54, 1.807) is 24.3 Å². The van der Waals surface area contributed by atoms with E-state index in [1.807, 2.05) is 6.07 Å². The lowest BCUT2D eigenvalue weighted by Gasteiger charge is -2.28. The van der Waals surface area contributed by atoms with Crippen LogP contribution < -0.4 is 15.4 Å². The van der Waals surface area contributed by atoms with Gasteiger partial charge >= 0.3 is 0 Å². The molecule has 4 rings (SSSR count). The molecule has 0 radical (unpaired) electrons. The van der Waals surface area contributed by atoms with Gasteiger partial charge in [-0.2, -0.15) is 0 Å². The van der Waals surface area contributed by atoms with Crippen molar-refractivity contribution in [3.63, 3.8) is 0 Å². The number of hydrogen-bond acceptors (Lipinski definition) is 3. The number of nitrogens with one attached hydrogen (secondary N) is 2. The molecule has 0 saturated heterocycles. The van der Waals surface area contributed by atoms with Crippen LogP contribution in [-0.4, -0.2) is 18.4 Å². The summed E-state index contributed by atoms with van der Waals surface area (Å²) in [4.78, 5) is 24.6. The minimum absolute atomic E-state index is 0.0125. The molecule has 0 spiro atoms. The zero-order valence-corrected chi connectivity index (χ0v) is 14.2. The van der Waals surface area contributed by atoms with E-state index in [0.29, 0.717) is 35.5 Å². The number of rotatable bonds is 3. The third-order valence-corrected chi connectivity index (χ3v) is 5.14. The van der Waals surface area contributed by atoms with E-state index in [-0.39, 0.29) is 24.2 Å². The summed E-state index contributed by atoms with van der Waals surface area (Å²) in [6.45, 7) is -0.0125. The number of hydrogen-bond donors (Lipinski definition) is 2. The number of anilines is 2. The molecule has 1 heterocycles. The van der Waals surface area contributed by atoms with Crippen molar-refractivity contribution in [1.82, 2.24) is 0 Å². The molecule has 0 bridgehead atoms. The summed E-state index contributed by atoms with van der Waals surface area (Å²) < 4.78 is 19.1. The molecule has 5 nitrogen and oxygen atoms in total. The minimum atomic E-state index is -0.724. The van der Waals surface area contributed by atoms with Crippen LogP contribution in [0, 0.1) is 5.82 Å². The summed E-state index contributed by atoms with van der Waals surface area (Å²) in [5.74, 6) is -0.143. The zero-order valence-electron chi connectivity index (χ0n) is 14.2. The van der Waals surface area contributed by atoms with Crippen LogP contribution in [0.4, 0.5) is 15.8 Å². The van der Waals surface area contributed by atoms with E-state index in [9.17, 15) is 14.0 Å². The Morgan fingerprint density at radius 1 is 1.15 bits per heavy atom. The number of fused-ring (bicyclic) bond motifs is 1. The minimum Gasteiger partial charge on any atom is -0.482 e. The molecule has 1 saturated carbocycles. The molecular weight excluding hydrogens is 335 g/mol. The quantitative estimate of drug-likeness (QED) is 0.885. The zero-order chi connectivity index (χ0) is 18.1. The maximum atomic E-state index is 13.7. The fourth-order valence-corrected chi connectivity index (χ4v) is 3.82. The van der Waals surface area contributed by atoms with Crippen LogP contribution in [0.2, 0.25) is 0 Å². The first-order chi connectivity index (χ1) is 12.6. The highest BCUT2D eigenvalue weighted by Crippen LogP contribution is 2.42. The lowest BCUT2D eigenvalue weighted by molar-refractivity contribution is -0.121. The number of halogens is 1. The Morgan fingerprint density at radius 3 is 2.73 bits per heavy atom. The van der Waals surface area contributed by atoms with Crippen molar-refractivity contribution in [2.45, 2.75) is 31.1 Å². The highest BCUT2D eigenvalue weighted by atomic mass is 19.1. The predicted molar refractivity (Wildman–Crippen MR) is 95.7 cm³/mol. The van der Waals surface area contributed by atoms with Gasteiger partial charge in [-0.15, -0.1) is 0 Å². The topological polar surface area (TPSA) is 67.4 Å². The fraction of sp³-hybridized carbons (Fsp3) is 0.300. The molecule has 1 fully saturated rings. The smallest absolute Gasteiger partial charge is 0.262 e. The van der Waals surface area contributed by atoms with Crippen molar-refractivity contribution in [2.24, 2.45) is 0 Å². The molecule has 2 aliphatic rings. The van der Waals surface area contributed by atoms with Crippen molar-refractivity contribution in [3.05, 3.63) is 53.8 Å². The summed E-state index contributed by atoms with van der Waals surface area (Å²) >= 11 is 0. The largest absolute Gasteiger partial charge is 0.482 e. The van der Waals surface area contributed by atoms with Crippen LogP contribution in [0.25, 0.3) is 0 Å². The Balaban J connectivity index is 1.62. The van der Waals surface area contributed by atoms with E-state index < -0.39 is 5.41 Å². The average molecular weight is 354 g/mol. The third kappa shape index (κ3) is 2.92. The van der Waals surface area contributed by atoms with E-state index in [4.69, 9.17) is 4.74 Å². The molecular formula is C20H19FN2O3. The number of amides is 2. The Morgan fingerprint density at radius 2 is 1.96 bits per heavy atom.